The first-order chi connectivity index (χ1) is 10.1. The van der Waals surface area contributed by atoms with Crippen LogP contribution in [0.4, 0.5) is 11.4 Å². The predicted molar refractivity (Wildman–Crippen MR) is 82.8 cm³/mol. The molecule has 0 atom stereocenters. The van der Waals surface area contributed by atoms with E-state index in [-0.39, 0.29) is 11.4 Å². The molecule has 0 amide bonds. The number of nitrogen functional groups attached to an aromatic ring is 1. The molecule has 2 aromatic carbocycles. The summed E-state index contributed by atoms with van der Waals surface area (Å²) >= 11 is 5.75. The van der Waals surface area contributed by atoms with Gasteiger partial charge in [0.2, 0.25) is 0 Å². The largest absolute Gasteiger partial charge is 0.487 e. The van der Waals surface area contributed by atoms with Crippen LogP contribution in [0, 0.1) is 10.1 Å². The van der Waals surface area contributed by atoms with Crippen molar-refractivity contribution in [1.29, 1.82) is 0 Å². The fourth-order valence-electron chi connectivity index (χ4n) is 1.96. The number of nitro benzene ring substituents is 1. The minimum atomic E-state index is -0.501. The number of anilines is 1. The van der Waals surface area contributed by atoms with E-state index in [4.69, 9.17) is 22.1 Å². The Morgan fingerprint density at radius 2 is 2.05 bits per heavy atom. The van der Waals surface area contributed by atoms with Crippen LogP contribution in [0.25, 0.3) is 0 Å². The molecule has 5 nitrogen and oxygen atoms in total. The number of nitrogens with two attached hydrogens (primary N) is 1. The van der Waals surface area contributed by atoms with Crippen LogP contribution >= 0.6 is 11.6 Å². The Kier molecular flexibility index (Phi) is 5.00. The topological polar surface area (TPSA) is 78.4 Å². The number of halogens is 1. The highest BCUT2D eigenvalue weighted by molar-refractivity contribution is 6.30. The summed E-state index contributed by atoms with van der Waals surface area (Å²) in [5.41, 5.74) is 7.42. The van der Waals surface area contributed by atoms with Crippen LogP contribution < -0.4 is 10.5 Å². The number of aryl methyl sites for hydroxylation is 1. The van der Waals surface area contributed by atoms with E-state index in [1.165, 1.54) is 12.1 Å². The second-order valence-corrected chi connectivity index (χ2v) is 5.00. The Labute approximate surface area is 127 Å². The van der Waals surface area contributed by atoms with Crippen molar-refractivity contribution < 1.29 is 9.66 Å². The average molecular weight is 307 g/mol. The Morgan fingerprint density at radius 3 is 2.76 bits per heavy atom. The van der Waals surface area contributed by atoms with E-state index in [2.05, 4.69) is 0 Å². The van der Waals surface area contributed by atoms with Gasteiger partial charge in [0.15, 0.2) is 5.75 Å². The SMILES string of the molecule is Nc1cccc(CCCOc2ccc(Cl)cc2[N+](=O)[O-])c1. The molecule has 0 radical (unpaired) electrons. The first-order valence-electron chi connectivity index (χ1n) is 6.47. The van der Waals surface area contributed by atoms with Gasteiger partial charge in [0.1, 0.15) is 0 Å². The molecule has 110 valence electrons. The molecule has 0 heterocycles. The van der Waals surface area contributed by atoms with E-state index >= 15 is 0 Å². The van der Waals surface area contributed by atoms with Gasteiger partial charge in [0.05, 0.1) is 11.5 Å². The molecule has 0 aliphatic heterocycles. The first kappa shape index (κ1) is 15.1. The molecule has 0 fully saturated rings. The third kappa shape index (κ3) is 4.36. The molecule has 21 heavy (non-hydrogen) atoms. The van der Waals surface area contributed by atoms with Crippen molar-refractivity contribution in [3.8, 4) is 5.75 Å². The van der Waals surface area contributed by atoms with E-state index in [1.54, 1.807) is 6.07 Å². The van der Waals surface area contributed by atoms with Gasteiger partial charge < -0.3 is 10.5 Å². The number of hydrogen-bond acceptors (Lipinski definition) is 4. The molecular formula is C15H15ClN2O3. The van der Waals surface area contributed by atoms with Crippen molar-refractivity contribution in [2.24, 2.45) is 0 Å². The second-order valence-electron chi connectivity index (χ2n) is 4.57. The van der Waals surface area contributed by atoms with Crippen LogP contribution in [-0.4, -0.2) is 11.5 Å². The van der Waals surface area contributed by atoms with E-state index in [1.807, 2.05) is 24.3 Å². The van der Waals surface area contributed by atoms with Crippen molar-refractivity contribution in [2.75, 3.05) is 12.3 Å². The minimum Gasteiger partial charge on any atom is -0.487 e. The summed E-state index contributed by atoms with van der Waals surface area (Å²) in [6, 6.07) is 12.0. The summed E-state index contributed by atoms with van der Waals surface area (Å²) in [6.07, 6.45) is 1.54. The summed E-state index contributed by atoms with van der Waals surface area (Å²) in [6.45, 7) is 0.386. The number of hydrogen-bond donors (Lipinski definition) is 1. The molecule has 2 N–H and O–H groups in total. The van der Waals surface area contributed by atoms with Gasteiger partial charge in [-0.05, 0) is 42.7 Å². The summed E-state index contributed by atoms with van der Waals surface area (Å²) in [4.78, 5) is 10.4. The minimum absolute atomic E-state index is 0.119. The maximum Gasteiger partial charge on any atom is 0.312 e. The molecular weight excluding hydrogens is 292 g/mol. The van der Waals surface area contributed by atoms with Gasteiger partial charge in [0, 0.05) is 16.8 Å². The maximum atomic E-state index is 10.9. The Bertz CT molecular complexity index is 647. The standard InChI is InChI=1S/C15H15ClN2O3/c16-12-6-7-15(14(10-12)18(19)20)21-8-2-4-11-3-1-5-13(17)9-11/h1,3,5-7,9-10H,2,4,8,17H2. The molecule has 0 aliphatic carbocycles. The van der Waals surface area contributed by atoms with Crippen molar-refractivity contribution in [2.45, 2.75) is 12.8 Å². The zero-order valence-corrected chi connectivity index (χ0v) is 12.0. The lowest BCUT2D eigenvalue weighted by Gasteiger charge is -2.07. The van der Waals surface area contributed by atoms with Gasteiger partial charge in [-0.15, -0.1) is 0 Å². The van der Waals surface area contributed by atoms with E-state index in [9.17, 15) is 10.1 Å². The van der Waals surface area contributed by atoms with Crippen molar-refractivity contribution in [3.05, 3.63) is 63.2 Å². The monoisotopic (exact) mass is 306 g/mol. The fourth-order valence-corrected chi connectivity index (χ4v) is 2.13. The molecule has 0 aromatic heterocycles. The molecule has 0 bridgehead atoms. The van der Waals surface area contributed by atoms with Crippen LogP contribution in [0.5, 0.6) is 5.75 Å². The predicted octanol–water partition coefficient (Wildman–Crippen LogP) is 3.84. The van der Waals surface area contributed by atoms with Gasteiger partial charge in [-0.3, -0.25) is 10.1 Å². The normalized spacial score (nSPS) is 10.3. The highest BCUT2D eigenvalue weighted by atomic mass is 35.5. The van der Waals surface area contributed by atoms with Crippen LogP contribution in [0.3, 0.4) is 0 Å². The summed E-state index contributed by atoms with van der Waals surface area (Å²) in [5.74, 6) is 0.233. The molecule has 0 aliphatic rings. The molecule has 0 saturated heterocycles. The van der Waals surface area contributed by atoms with Gasteiger partial charge in [-0.25, -0.2) is 0 Å². The lowest BCUT2D eigenvalue weighted by atomic mass is 10.1. The smallest absolute Gasteiger partial charge is 0.312 e. The van der Waals surface area contributed by atoms with E-state index in [0.29, 0.717) is 11.6 Å². The fraction of sp³-hybridized carbons (Fsp3) is 0.200. The van der Waals surface area contributed by atoms with Gasteiger partial charge >= 0.3 is 5.69 Å². The van der Waals surface area contributed by atoms with Crippen LogP contribution in [0.1, 0.15) is 12.0 Å². The number of nitro groups is 1. The molecule has 0 spiro atoms. The lowest BCUT2D eigenvalue weighted by Crippen LogP contribution is -2.02. The Balaban J connectivity index is 1.90. The van der Waals surface area contributed by atoms with Gasteiger partial charge in [-0.1, -0.05) is 23.7 Å². The zero-order chi connectivity index (χ0) is 15.2. The average Bonchev–Trinajstić information content (AvgIpc) is 2.44. The summed E-state index contributed by atoms with van der Waals surface area (Å²) < 4.78 is 5.47. The number of rotatable bonds is 6. The Morgan fingerprint density at radius 1 is 1.24 bits per heavy atom. The highest BCUT2D eigenvalue weighted by Gasteiger charge is 2.15. The van der Waals surface area contributed by atoms with Gasteiger partial charge in [-0.2, -0.15) is 0 Å². The highest BCUT2D eigenvalue weighted by Crippen LogP contribution is 2.29. The lowest BCUT2D eigenvalue weighted by molar-refractivity contribution is -0.385. The zero-order valence-electron chi connectivity index (χ0n) is 11.3. The van der Waals surface area contributed by atoms with Gasteiger partial charge in [0.25, 0.3) is 0 Å². The van der Waals surface area contributed by atoms with Crippen molar-refractivity contribution in [1.82, 2.24) is 0 Å². The van der Waals surface area contributed by atoms with Crippen molar-refractivity contribution in [3.63, 3.8) is 0 Å². The summed E-state index contributed by atoms with van der Waals surface area (Å²) in [5, 5.41) is 11.2. The molecule has 6 heteroatoms. The van der Waals surface area contributed by atoms with Crippen LogP contribution in [-0.2, 0) is 6.42 Å². The third-order valence-corrected chi connectivity index (χ3v) is 3.17. The molecule has 2 rings (SSSR count). The van der Waals surface area contributed by atoms with Crippen LogP contribution in [0.15, 0.2) is 42.5 Å². The van der Waals surface area contributed by atoms with E-state index in [0.717, 1.165) is 24.1 Å². The molecule has 0 unspecified atom stereocenters. The third-order valence-electron chi connectivity index (χ3n) is 2.94. The van der Waals surface area contributed by atoms with Crippen LogP contribution in [0.2, 0.25) is 5.02 Å². The van der Waals surface area contributed by atoms with Crippen molar-refractivity contribution >= 4 is 23.0 Å². The second kappa shape index (κ2) is 6.95. The Hall–Kier alpha value is -2.27. The quantitative estimate of drug-likeness (QED) is 0.380. The maximum absolute atomic E-state index is 10.9. The molecule has 2 aromatic rings. The summed E-state index contributed by atoms with van der Waals surface area (Å²) in [7, 11) is 0. The number of nitrogens with zero attached hydrogens (tertiary/aromatic N) is 1. The number of benzene rings is 2. The van der Waals surface area contributed by atoms with E-state index < -0.39 is 4.92 Å². The number of ether oxygens (including phenoxy) is 1. The first-order valence-corrected chi connectivity index (χ1v) is 6.85. The molecule has 0 saturated carbocycles.